The molecular weight excluding hydrogens is 198 g/mol. The van der Waals surface area contributed by atoms with Crippen LogP contribution in [0.3, 0.4) is 0 Å². The van der Waals surface area contributed by atoms with E-state index >= 15 is 0 Å². The molecule has 0 aromatic heterocycles. The van der Waals surface area contributed by atoms with Gasteiger partial charge in [-0.3, -0.25) is 0 Å². The van der Waals surface area contributed by atoms with Gasteiger partial charge < -0.3 is 10.8 Å². The summed E-state index contributed by atoms with van der Waals surface area (Å²) in [5, 5.41) is 10.00. The third kappa shape index (κ3) is 1.40. The lowest BCUT2D eigenvalue weighted by Gasteiger charge is -2.41. The summed E-state index contributed by atoms with van der Waals surface area (Å²) in [5.41, 5.74) is 8.05. The van der Waals surface area contributed by atoms with Crippen molar-refractivity contribution in [2.24, 2.45) is 5.73 Å². The Balaban J connectivity index is 1.87. The van der Waals surface area contributed by atoms with E-state index in [1.807, 2.05) is 0 Å². The number of aliphatic hydroxyl groups is 1. The van der Waals surface area contributed by atoms with Crippen LogP contribution in [0.1, 0.15) is 43.2 Å². The van der Waals surface area contributed by atoms with Crippen LogP contribution in [0.25, 0.3) is 0 Å². The highest BCUT2D eigenvalue weighted by atomic mass is 16.3. The minimum atomic E-state index is -0.506. The Morgan fingerprint density at radius 1 is 1.00 bits per heavy atom. The highest BCUT2D eigenvalue weighted by molar-refractivity contribution is 5.35. The summed E-state index contributed by atoms with van der Waals surface area (Å²) in [7, 11) is 0. The van der Waals surface area contributed by atoms with Crippen molar-refractivity contribution in [3.63, 3.8) is 0 Å². The minimum absolute atomic E-state index is 0.241. The van der Waals surface area contributed by atoms with E-state index in [0.717, 1.165) is 24.9 Å². The summed E-state index contributed by atoms with van der Waals surface area (Å²) in [6.45, 7) is 0.747. The van der Waals surface area contributed by atoms with Gasteiger partial charge in [0.25, 0.3) is 0 Å². The van der Waals surface area contributed by atoms with Crippen molar-refractivity contribution < 1.29 is 5.11 Å². The molecule has 0 bridgehead atoms. The first-order chi connectivity index (χ1) is 7.69. The van der Waals surface area contributed by atoms with Crippen LogP contribution in [0.2, 0.25) is 0 Å². The molecule has 86 valence electrons. The molecule has 0 amide bonds. The van der Waals surface area contributed by atoms with E-state index in [1.54, 1.807) is 0 Å². The van der Waals surface area contributed by atoms with Crippen molar-refractivity contribution in [1.82, 2.24) is 0 Å². The van der Waals surface area contributed by atoms with Crippen LogP contribution in [0.4, 0.5) is 0 Å². The van der Waals surface area contributed by atoms with Crippen molar-refractivity contribution in [3.8, 4) is 0 Å². The van der Waals surface area contributed by atoms with E-state index in [0.29, 0.717) is 0 Å². The van der Waals surface area contributed by atoms with Gasteiger partial charge >= 0.3 is 0 Å². The molecule has 16 heavy (non-hydrogen) atoms. The van der Waals surface area contributed by atoms with Gasteiger partial charge in [0.1, 0.15) is 0 Å². The first-order valence-electron chi connectivity index (χ1n) is 6.22. The average Bonchev–Trinajstić information content (AvgIpc) is 2.98. The molecule has 2 aliphatic carbocycles. The molecule has 1 aromatic rings. The van der Waals surface area contributed by atoms with Crippen molar-refractivity contribution in [1.29, 1.82) is 0 Å². The van der Waals surface area contributed by atoms with Gasteiger partial charge in [-0.2, -0.15) is 0 Å². The van der Waals surface area contributed by atoms with Gasteiger partial charge in [0.2, 0.25) is 0 Å². The number of benzene rings is 1. The normalized spacial score (nSPS) is 24.9. The number of rotatable bonds is 3. The maximum Gasteiger partial charge on any atom is 0.0899 e. The molecule has 3 N–H and O–H groups in total. The monoisotopic (exact) mass is 217 g/mol. The lowest BCUT2D eigenvalue weighted by atomic mass is 9.64. The van der Waals surface area contributed by atoms with Crippen LogP contribution < -0.4 is 5.73 Å². The first kappa shape index (κ1) is 10.3. The Bertz CT molecular complexity index is 382. The van der Waals surface area contributed by atoms with Crippen LogP contribution in [0.5, 0.6) is 0 Å². The highest BCUT2D eigenvalue weighted by Crippen LogP contribution is 2.47. The van der Waals surface area contributed by atoms with Gasteiger partial charge in [-0.1, -0.05) is 30.7 Å². The largest absolute Gasteiger partial charge is 0.385 e. The summed E-state index contributed by atoms with van der Waals surface area (Å²) in [5.74, 6) is 0. The predicted molar refractivity (Wildman–Crippen MR) is 64.2 cm³/mol. The van der Waals surface area contributed by atoms with Gasteiger partial charge in [0.05, 0.1) is 5.60 Å². The first-order valence-corrected chi connectivity index (χ1v) is 6.22. The average molecular weight is 217 g/mol. The molecule has 2 fully saturated rings. The second-order valence-electron chi connectivity index (χ2n) is 5.45. The van der Waals surface area contributed by atoms with E-state index in [1.165, 1.54) is 24.8 Å². The van der Waals surface area contributed by atoms with Gasteiger partial charge in [-0.25, -0.2) is 0 Å². The SMILES string of the molecule is NCC1(c2ccc(C3(O)CC3)cc2)CCC1. The van der Waals surface area contributed by atoms with Crippen LogP contribution in [-0.4, -0.2) is 11.7 Å². The highest BCUT2D eigenvalue weighted by Gasteiger charge is 2.42. The zero-order valence-electron chi connectivity index (χ0n) is 9.58. The molecule has 3 rings (SSSR count). The molecule has 0 saturated heterocycles. The van der Waals surface area contributed by atoms with Crippen molar-refractivity contribution in [2.75, 3.05) is 6.54 Å². The summed E-state index contributed by atoms with van der Waals surface area (Å²) in [6, 6.07) is 8.49. The Hall–Kier alpha value is -0.860. The standard InChI is InChI=1S/C14H19NO/c15-10-13(6-1-7-13)11-2-4-12(5-3-11)14(16)8-9-14/h2-5,16H,1,6-10,15H2. The van der Waals surface area contributed by atoms with Gasteiger partial charge in [0.15, 0.2) is 0 Å². The summed E-state index contributed by atoms with van der Waals surface area (Å²) in [6.07, 6.45) is 5.55. The predicted octanol–water partition coefficient (Wildman–Crippen LogP) is 2.05. The third-order valence-electron chi connectivity index (χ3n) is 4.46. The number of hydrogen-bond donors (Lipinski definition) is 2. The lowest BCUT2D eigenvalue weighted by Crippen LogP contribution is -2.41. The second kappa shape index (κ2) is 3.31. The lowest BCUT2D eigenvalue weighted by molar-refractivity contribution is 0.151. The van der Waals surface area contributed by atoms with E-state index in [2.05, 4.69) is 24.3 Å². The minimum Gasteiger partial charge on any atom is -0.385 e. The van der Waals surface area contributed by atoms with Crippen molar-refractivity contribution in [2.45, 2.75) is 43.1 Å². The van der Waals surface area contributed by atoms with Crippen LogP contribution in [0, 0.1) is 0 Å². The maximum absolute atomic E-state index is 10.00. The van der Waals surface area contributed by atoms with Gasteiger partial charge in [-0.05, 0) is 36.8 Å². The molecule has 0 atom stereocenters. The Morgan fingerprint density at radius 3 is 1.94 bits per heavy atom. The Labute approximate surface area is 96.5 Å². The fourth-order valence-electron chi connectivity index (χ4n) is 2.76. The van der Waals surface area contributed by atoms with Crippen LogP contribution in [0.15, 0.2) is 24.3 Å². The van der Waals surface area contributed by atoms with Crippen molar-refractivity contribution >= 4 is 0 Å². The van der Waals surface area contributed by atoms with Crippen LogP contribution in [-0.2, 0) is 11.0 Å². The molecule has 0 aliphatic heterocycles. The zero-order chi connectivity index (χ0) is 11.2. The topological polar surface area (TPSA) is 46.2 Å². The molecular formula is C14H19NO. The molecule has 0 heterocycles. The Kier molecular flexibility index (Phi) is 2.13. The quantitative estimate of drug-likeness (QED) is 0.814. The van der Waals surface area contributed by atoms with Crippen molar-refractivity contribution in [3.05, 3.63) is 35.4 Å². The van der Waals surface area contributed by atoms with Gasteiger partial charge in [-0.15, -0.1) is 0 Å². The fraction of sp³-hybridized carbons (Fsp3) is 0.571. The van der Waals surface area contributed by atoms with E-state index in [4.69, 9.17) is 5.73 Å². The maximum atomic E-state index is 10.00. The zero-order valence-corrected chi connectivity index (χ0v) is 9.58. The van der Waals surface area contributed by atoms with E-state index in [9.17, 15) is 5.11 Å². The molecule has 0 radical (unpaired) electrons. The molecule has 0 spiro atoms. The summed E-state index contributed by atoms with van der Waals surface area (Å²) in [4.78, 5) is 0. The number of nitrogens with two attached hydrogens (primary N) is 1. The smallest absolute Gasteiger partial charge is 0.0899 e. The second-order valence-corrected chi connectivity index (χ2v) is 5.45. The van der Waals surface area contributed by atoms with Gasteiger partial charge in [0, 0.05) is 12.0 Å². The molecule has 1 aromatic carbocycles. The Morgan fingerprint density at radius 2 is 1.56 bits per heavy atom. The van der Waals surface area contributed by atoms with Crippen LogP contribution >= 0.6 is 0 Å². The fourth-order valence-corrected chi connectivity index (χ4v) is 2.76. The molecule has 2 aliphatic rings. The molecule has 2 nitrogen and oxygen atoms in total. The number of hydrogen-bond acceptors (Lipinski definition) is 2. The third-order valence-corrected chi connectivity index (χ3v) is 4.46. The van der Waals surface area contributed by atoms with E-state index < -0.39 is 5.60 Å². The molecule has 0 unspecified atom stereocenters. The summed E-state index contributed by atoms with van der Waals surface area (Å²) >= 11 is 0. The van der Waals surface area contributed by atoms with E-state index in [-0.39, 0.29) is 5.41 Å². The summed E-state index contributed by atoms with van der Waals surface area (Å²) < 4.78 is 0. The molecule has 2 heteroatoms. The molecule has 2 saturated carbocycles.